The maximum atomic E-state index is 11.4. The lowest BCUT2D eigenvalue weighted by molar-refractivity contribution is -0.137. The van der Waals surface area contributed by atoms with Gasteiger partial charge in [0, 0.05) is 19.0 Å². The summed E-state index contributed by atoms with van der Waals surface area (Å²) < 4.78 is 24.3. The Balaban J connectivity index is 3.76. The Labute approximate surface area is 113 Å². The van der Waals surface area contributed by atoms with Crippen molar-refractivity contribution in [1.82, 2.24) is 15.4 Å². The maximum absolute atomic E-state index is 11.4. The Hall–Kier alpha value is -1.35. The molecule has 0 saturated heterocycles. The van der Waals surface area contributed by atoms with Crippen molar-refractivity contribution in [3.05, 3.63) is 0 Å². The third-order valence-electron chi connectivity index (χ3n) is 2.37. The summed E-state index contributed by atoms with van der Waals surface area (Å²) in [6.07, 6.45) is 1.09. The molecular weight excluding hydrogens is 274 g/mol. The number of carboxylic acids is 1. The van der Waals surface area contributed by atoms with E-state index in [-0.39, 0.29) is 24.8 Å². The summed E-state index contributed by atoms with van der Waals surface area (Å²) in [6, 6.07) is -0.630. The van der Waals surface area contributed by atoms with Crippen LogP contribution in [0, 0.1) is 0 Å². The van der Waals surface area contributed by atoms with Gasteiger partial charge in [0.15, 0.2) is 0 Å². The molecule has 0 spiro atoms. The highest BCUT2D eigenvalue weighted by atomic mass is 32.2. The van der Waals surface area contributed by atoms with Gasteiger partial charge in [0.05, 0.1) is 5.75 Å². The highest BCUT2D eigenvalue weighted by molar-refractivity contribution is 7.89. The fourth-order valence-corrected chi connectivity index (χ4v) is 1.88. The van der Waals surface area contributed by atoms with E-state index in [1.54, 1.807) is 6.92 Å². The average Bonchev–Trinajstić information content (AvgIpc) is 2.28. The largest absolute Gasteiger partial charge is 0.481 e. The second-order valence-corrected chi connectivity index (χ2v) is 6.16. The number of amides is 2. The number of hydrogen-bond acceptors (Lipinski definition) is 4. The molecule has 0 aliphatic carbocycles. The fourth-order valence-electron chi connectivity index (χ4n) is 1.31. The van der Waals surface area contributed by atoms with Gasteiger partial charge in [-0.25, -0.2) is 17.9 Å². The molecule has 2 amide bonds. The molecule has 4 N–H and O–H groups in total. The quantitative estimate of drug-likeness (QED) is 0.455. The second kappa shape index (κ2) is 8.70. The minimum absolute atomic E-state index is 0.0108. The van der Waals surface area contributed by atoms with Crippen molar-refractivity contribution in [2.45, 2.75) is 32.2 Å². The lowest BCUT2D eigenvalue weighted by atomic mass is 10.1. The van der Waals surface area contributed by atoms with Crippen molar-refractivity contribution in [2.24, 2.45) is 0 Å². The van der Waals surface area contributed by atoms with Crippen LogP contribution in [0.4, 0.5) is 4.79 Å². The van der Waals surface area contributed by atoms with Crippen molar-refractivity contribution in [3.63, 3.8) is 0 Å². The summed E-state index contributed by atoms with van der Waals surface area (Å²) in [6.45, 7) is 1.77. The first-order valence-electron chi connectivity index (χ1n) is 5.94. The zero-order valence-corrected chi connectivity index (χ0v) is 11.9. The van der Waals surface area contributed by atoms with Crippen molar-refractivity contribution in [3.8, 4) is 0 Å². The van der Waals surface area contributed by atoms with Crippen LogP contribution in [0.2, 0.25) is 0 Å². The molecule has 0 aromatic rings. The number of carbonyl (C=O) groups is 2. The molecule has 0 radical (unpaired) electrons. The Bertz CT molecular complexity index is 396. The third kappa shape index (κ3) is 10.3. The standard InChI is InChI=1S/C10H21N3O5S/c1-8(4-3-5-9(14)15)13-10(16)12-6-7-19(17,18)11-2/h8,11H,3-7H2,1-2H3,(H,14,15)(H2,12,13,16). The molecule has 19 heavy (non-hydrogen) atoms. The number of urea groups is 1. The molecule has 0 aromatic carbocycles. The van der Waals surface area contributed by atoms with Crippen molar-refractivity contribution in [2.75, 3.05) is 19.3 Å². The van der Waals surface area contributed by atoms with E-state index in [9.17, 15) is 18.0 Å². The van der Waals surface area contributed by atoms with E-state index >= 15 is 0 Å². The van der Waals surface area contributed by atoms with Gasteiger partial charge in [-0.2, -0.15) is 0 Å². The van der Waals surface area contributed by atoms with Gasteiger partial charge in [-0.15, -0.1) is 0 Å². The van der Waals surface area contributed by atoms with Crippen LogP contribution in [0.5, 0.6) is 0 Å². The average molecular weight is 295 g/mol. The first-order chi connectivity index (χ1) is 8.76. The summed E-state index contributed by atoms with van der Waals surface area (Å²) in [5, 5.41) is 13.5. The summed E-state index contributed by atoms with van der Waals surface area (Å²) >= 11 is 0. The minimum Gasteiger partial charge on any atom is -0.481 e. The molecule has 0 aromatic heterocycles. The maximum Gasteiger partial charge on any atom is 0.315 e. The lowest BCUT2D eigenvalue weighted by Crippen LogP contribution is -2.43. The zero-order chi connectivity index (χ0) is 14.9. The van der Waals surface area contributed by atoms with Crippen LogP contribution in [0.3, 0.4) is 0 Å². The number of nitrogens with one attached hydrogen (secondary N) is 3. The Morgan fingerprint density at radius 1 is 1.32 bits per heavy atom. The van der Waals surface area contributed by atoms with Crippen LogP contribution in [0.1, 0.15) is 26.2 Å². The number of carbonyl (C=O) groups excluding carboxylic acids is 1. The first kappa shape index (κ1) is 17.6. The van der Waals surface area contributed by atoms with Gasteiger partial charge in [0.1, 0.15) is 0 Å². The summed E-state index contributed by atoms with van der Waals surface area (Å²) in [5.74, 6) is -1.06. The molecule has 0 fully saturated rings. The fraction of sp³-hybridized carbons (Fsp3) is 0.800. The number of rotatable bonds is 9. The summed E-state index contributed by atoms with van der Waals surface area (Å²) in [5.41, 5.74) is 0. The highest BCUT2D eigenvalue weighted by Crippen LogP contribution is 2.00. The van der Waals surface area contributed by atoms with Crippen LogP contribution in [-0.4, -0.2) is 50.9 Å². The first-order valence-corrected chi connectivity index (χ1v) is 7.59. The van der Waals surface area contributed by atoms with Gasteiger partial charge >= 0.3 is 12.0 Å². The molecule has 0 bridgehead atoms. The molecule has 0 aliphatic rings. The van der Waals surface area contributed by atoms with Gasteiger partial charge in [-0.05, 0) is 26.8 Å². The number of aliphatic carboxylic acids is 1. The minimum atomic E-state index is -3.33. The normalized spacial score (nSPS) is 12.7. The number of hydrogen-bond donors (Lipinski definition) is 4. The summed E-state index contributed by atoms with van der Waals surface area (Å²) in [4.78, 5) is 21.7. The van der Waals surface area contributed by atoms with E-state index in [1.807, 2.05) is 0 Å². The van der Waals surface area contributed by atoms with Gasteiger partial charge in [-0.1, -0.05) is 0 Å². The molecule has 1 atom stereocenters. The van der Waals surface area contributed by atoms with Gasteiger partial charge in [0.25, 0.3) is 0 Å². The third-order valence-corrected chi connectivity index (χ3v) is 3.74. The highest BCUT2D eigenvalue weighted by Gasteiger charge is 2.10. The van der Waals surface area contributed by atoms with E-state index in [2.05, 4.69) is 15.4 Å². The SMILES string of the molecule is CNS(=O)(=O)CCNC(=O)NC(C)CCCC(=O)O. The van der Waals surface area contributed by atoms with Gasteiger partial charge in [-0.3, -0.25) is 4.79 Å². The van der Waals surface area contributed by atoms with E-state index in [0.717, 1.165) is 0 Å². The van der Waals surface area contributed by atoms with Crippen molar-refractivity contribution in [1.29, 1.82) is 0 Å². The second-order valence-electron chi connectivity index (χ2n) is 4.11. The van der Waals surface area contributed by atoms with Gasteiger partial charge in [0.2, 0.25) is 10.0 Å². The predicted octanol–water partition coefficient (Wildman–Crippen LogP) is -0.522. The molecule has 112 valence electrons. The van der Waals surface area contributed by atoms with E-state index in [0.29, 0.717) is 12.8 Å². The number of sulfonamides is 1. The number of carboxylic acid groups (broad SMARTS) is 1. The van der Waals surface area contributed by atoms with Crippen LogP contribution in [0.25, 0.3) is 0 Å². The van der Waals surface area contributed by atoms with Crippen LogP contribution in [0.15, 0.2) is 0 Å². The Morgan fingerprint density at radius 2 is 1.95 bits per heavy atom. The predicted molar refractivity (Wildman–Crippen MR) is 70.3 cm³/mol. The van der Waals surface area contributed by atoms with Crippen molar-refractivity contribution >= 4 is 22.0 Å². The molecule has 1 unspecified atom stereocenters. The molecule has 0 saturated carbocycles. The molecule has 9 heteroatoms. The molecular formula is C10H21N3O5S. The van der Waals surface area contributed by atoms with Crippen LogP contribution < -0.4 is 15.4 Å². The Morgan fingerprint density at radius 3 is 2.47 bits per heavy atom. The van der Waals surface area contributed by atoms with E-state index in [4.69, 9.17) is 5.11 Å². The topological polar surface area (TPSA) is 125 Å². The van der Waals surface area contributed by atoms with E-state index < -0.39 is 22.0 Å². The summed E-state index contributed by atoms with van der Waals surface area (Å²) in [7, 11) is -2.02. The molecule has 0 aliphatic heterocycles. The monoisotopic (exact) mass is 295 g/mol. The van der Waals surface area contributed by atoms with E-state index in [1.165, 1.54) is 7.05 Å². The van der Waals surface area contributed by atoms with Gasteiger partial charge < -0.3 is 15.7 Å². The molecule has 8 nitrogen and oxygen atoms in total. The Kier molecular flexibility index (Phi) is 8.08. The van der Waals surface area contributed by atoms with Crippen LogP contribution >= 0.6 is 0 Å². The van der Waals surface area contributed by atoms with Crippen molar-refractivity contribution < 1.29 is 23.1 Å². The molecule has 0 rings (SSSR count). The zero-order valence-electron chi connectivity index (χ0n) is 11.1. The van der Waals surface area contributed by atoms with Crippen LogP contribution in [-0.2, 0) is 14.8 Å². The lowest BCUT2D eigenvalue weighted by Gasteiger charge is -2.14. The smallest absolute Gasteiger partial charge is 0.315 e. The molecule has 0 heterocycles.